The van der Waals surface area contributed by atoms with Crippen LogP contribution >= 0.6 is 11.8 Å². The molecule has 0 aliphatic rings. The molecule has 0 fully saturated rings. The number of ether oxygens (including phenoxy) is 2. The van der Waals surface area contributed by atoms with Crippen LogP contribution in [0.25, 0.3) is 0 Å². The third-order valence-electron chi connectivity index (χ3n) is 3.84. The van der Waals surface area contributed by atoms with Gasteiger partial charge in [0.1, 0.15) is 5.75 Å². The van der Waals surface area contributed by atoms with Crippen LogP contribution in [0.1, 0.15) is 18.1 Å². The number of methoxy groups -OCH3 is 1. The molecule has 2 aromatic carbocycles. The Morgan fingerprint density at radius 2 is 1.81 bits per heavy atom. The first-order valence-corrected chi connectivity index (χ1v) is 9.12. The summed E-state index contributed by atoms with van der Waals surface area (Å²) in [6.45, 7) is 1.30. The van der Waals surface area contributed by atoms with Crippen molar-refractivity contribution in [2.45, 2.75) is 17.4 Å². The molecule has 0 unspecified atom stereocenters. The molecule has 0 aromatic heterocycles. The van der Waals surface area contributed by atoms with Gasteiger partial charge in [0.25, 0.3) is 0 Å². The minimum atomic E-state index is -1.40. The number of rotatable bonds is 9. The number of nitrogens with zero attached hydrogens (tertiary/aromatic N) is 1. The quantitative estimate of drug-likeness (QED) is 0.378. The maximum absolute atomic E-state index is 12.8. The number of hydrogen-bond donors (Lipinski definition) is 0. The Balaban J connectivity index is 2.36. The molecule has 0 saturated heterocycles. The summed E-state index contributed by atoms with van der Waals surface area (Å²) in [6.07, 6.45) is 0. The van der Waals surface area contributed by atoms with Gasteiger partial charge in [-0.3, -0.25) is 10.1 Å². The van der Waals surface area contributed by atoms with Crippen LogP contribution in [-0.4, -0.2) is 31.2 Å². The van der Waals surface area contributed by atoms with E-state index < -0.39 is 22.2 Å². The third-order valence-corrected chi connectivity index (χ3v) is 5.34. The third kappa shape index (κ3) is 4.76. The lowest BCUT2D eigenvalue weighted by atomic mass is 9.98. The van der Waals surface area contributed by atoms with Gasteiger partial charge in [-0.2, -0.15) is 0 Å². The van der Waals surface area contributed by atoms with Gasteiger partial charge in [0.05, 0.1) is 13.7 Å². The molecule has 6 nitrogen and oxygen atoms in total. The zero-order chi connectivity index (χ0) is 19.0. The fraction of sp³-hybridized carbons (Fsp3) is 0.316. The lowest BCUT2D eigenvalue weighted by Gasteiger charge is -2.27. The lowest BCUT2D eigenvalue weighted by molar-refractivity contribution is -0.484. The summed E-state index contributed by atoms with van der Waals surface area (Å²) in [5.74, 6) is 0.552. The van der Waals surface area contributed by atoms with E-state index in [-0.39, 0.29) is 6.61 Å². The highest BCUT2D eigenvalue weighted by Gasteiger charge is 2.47. The van der Waals surface area contributed by atoms with E-state index in [1.807, 2.05) is 24.3 Å². The monoisotopic (exact) mass is 375 g/mol. The van der Waals surface area contributed by atoms with Crippen molar-refractivity contribution in [2.24, 2.45) is 0 Å². The van der Waals surface area contributed by atoms with Crippen molar-refractivity contribution in [3.63, 3.8) is 0 Å². The number of nitro groups is 1. The summed E-state index contributed by atoms with van der Waals surface area (Å²) >= 11 is 1.21. The van der Waals surface area contributed by atoms with Gasteiger partial charge in [-0.15, -0.1) is 11.8 Å². The number of benzene rings is 2. The largest absolute Gasteiger partial charge is 0.497 e. The van der Waals surface area contributed by atoms with E-state index in [0.29, 0.717) is 11.3 Å². The molecule has 7 heteroatoms. The molecule has 0 spiro atoms. The summed E-state index contributed by atoms with van der Waals surface area (Å²) in [6, 6.07) is 16.2. The fourth-order valence-electron chi connectivity index (χ4n) is 2.53. The van der Waals surface area contributed by atoms with Crippen LogP contribution in [0.5, 0.6) is 5.75 Å². The van der Waals surface area contributed by atoms with Crippen LogP contribution in [-0.2, 0) is 20.0 Å². The van der Waals surface area contributed by atoms with Gasteiger partial charge in [-0.05, 0) is 30.2 Å². The van der Waals surface area contributed by atoms with E-state index >= 15 is 0 Å². The highest BCUT2D eigenvalue weighted by molar-refractivity contribution is 8.00. The molecule has 0 amide bonds. The van der Waals surface area contributed by atoms with Crippen molar-refractivity contribution in [2.75, 3.05) is 20.3 Å². The summed E-state index contributed by atoms with van der Waals surface area (Å²) in [7, 11) is 1.59. The van der Waals surface area contributed by atoms with Gasteiger partial charge >= 0.3 is 5.97 Å². The van der Waals surface area contributed by atoms with Crippen molar-refractivity contribution < 1.29 is 19.2 Å². The average Bonchev–Trinajstić information content (AvgIpc) is 2.66. The molecule has 26 heavy (non-hydrogen) atoms. The number of carbonyl (C=O) groups excluding carboxylic acids is 1. The van der Waals surface area contributed by atoms with Crippen molar-refractivity contribution >= 4 is 17.7 Å². The minimum Gasteiger partial charge on any atom is -0.497 e. The highest BCUT2D eigenvalue weighted by Crippen LogP contribution is 2.40. The second-order valence-electron chi connectivity index (χ2n) is 5.54. The molecular weight excluding hydrogens is 354 g/mol. The number of carbonyl (C=O) groups is 1. The van der Waals surface area contributed by atoms with E-state index in [1.165, 1.54) is 11.8 Å². The van der Waals surface area contributed by atoms with E-state index in [1.54, 1.807) is 44.4 Å². The van der Waals surface area contributed by atoms with Crippen LogP contribution in [0.4, 0.5) is 0 Å². The van der Waals surface area contributed by atoms with E-state index in [9.17, 15) is 14.9 Å². The number of esters is 1. The van der Waals surface area contributed by atoms with Crippen LogP contribution in [0.15, 0.2) is 54.6 Å². The van der Waals surface area contributed by atoms with Gasteiger partial charge in [0.15, 0.2) is 0 Å². The zero-order valence-corrected chi connectivity index (χ0v) is 15.5. The Hall–Kier alpha value is -2.54. The van der Waals surface area contributed by atoms with Crippen molar-refractivity contribution in [3.8, 4) is 5.75 Å². The van der Waals surface area contributed by atoms with E-state index in [2.05, 4.69) is 0 Å². The van der Waals surface area contributed by atoms with E-state index in [0.717, 1.165) is 11.3 Å². The summed E-state index contributed by atoms with van der Waals surface area (Å²) in [5, 5.41) is 11.4. The predicted octanol–water partition coefficient (Wildman–Crippen LogP) is 3.66. The smallest absolute Gasteiger partial charge is 0.333 e. The molecule has 0 heterocycles. The number of thioether (sulfide) groups is 1. The summed E-state index contributed by atoms with van der Waals surface area (Å²) < 4.78 is 8.94. The standard InChI is InChI=1S/C19H21NO5S/c1-3-25-18(21)19(14-20(22)23,16-7-5-4-6-8-16)26-13-15-9-11-17(24-2)12-10-15/h4-12H,3,13-14H2,1-2H3/t19-/m1/s1. The second-order valence-corrected chi connectivity index (χ2v) is 6.82. The first-order valence-electron chi connectivity index (χ1n) is 8.13. The van der Waals surface area contributed by atoms with E-state index in [4.69, 9.17) is 9.47 Å². The molecule has 138 valence electrons. The second kappa shape index (κ2) is 9.24. The Labute approximate surface area is 156 Å². The molecule has 0 aliphatic heterocycles. The highest BCUT2D eigenvalue weighted by atomic mass is 32.2. The zero-order valence-electron chi connectivity index (χ0n) is 14.7. The van der Waals surface area contributed by atoms with Crippen LogP contribution in [0, 0.1) is 10.1 Å². The fourth-order valence-corrected chi connectivity index (χ4v) is 3.81. The van der Waals surface area contributed by atoms with Crippen molar-refractivity contribution in [1.29, 1.82) is 0 Å². The summed E-state index contributed by atoms with van der Waals surface area (Å²) in [5.41, 5.74) is 1.50. The Morgan fingerprint density at radius 1 is 1.15 bits per heavy atom. The van der Waals surface area contributed by atoms with Gasteiger partial charge in [0.2, 0.25) is 11.3 Å². The molecule has 0 radical (unpaired) electrons. The van der Waals surface area contributed by atoms with Gasteiger partial charge < -0.3 is 9.47 Å². The topological polar surface area (TPSA) is 78.7 Å². The lowest BCUT2D eigenvalue weighted by Crippen LogP contribution is -2.41. The maximum atomic E-state index is 12.8. The molecule has 0 bridgehead atoms. The van der Waals surface area contributed by atoms with Crippen LogP contribution < -0.4 is 4.74 Å². The SMILES string of the molecule is CCOC(=O)[C@](C[N+](=O)[O-])(SCc1ccc(OC)cc1)c1ccccc1. The molecular formula is C19H21NO5S. The Morgan fingerprint density at radius 3 is 2.35 bits per heavy atom. The van der Waals surface area contributed by atoms with Crippen LogP contribution in [0.3, 0.4) is 0 Å². The molecule has 0 saturated carbocycles. The van der Waals surface area contributed by atoms with Crippen molar-refractivity contribution in [1.82, 2.24) is 0 Å². The number of hydrogen-bond acceptors (Lipinski definition) is 6. The Bertz CT molecular complexity index is 735. The average molecular weight is 375 g/mol. The first kappa shape index (κ1) is 19.8. The molecule has 2 aromatic rings. The molecule has 1 atom stereocenters. The normalized spacial score (nSPS) is 12.8. The van der Waals surface area contributed by atoms with Crippen molar-refractivity contribution in [3.05, 3.63) is 75.8 Å². The van der Waals surface area contributed by atoms with Gasteiger partial charge in [-0.25, -0.2) is 4.79 Å². The minimum absolute atomic E-state index is 0.161. The summed E-state index contributed by atoms with van der Waals surface area (Å²) in [4.78, 5) is 23.6. The van der Waals surface area contributed by atoms with Gasteiger partial charge in [-0.1, -0.05) is 42.5 Å². The molecule has 0 aliphatic carbocycles. The van der Waals surface area contributed by atoms with Gasteiger partial charge in [0, 0.05) is 10.7 Å². The Kier molecular flexibility index (Phi) is 7.03. The first-order chi connectivity index (χ1) is 12.5. The molecule has 2 rings (SSSR count). The molecule has 0 N–H and O–H groups in total. The van der Waals surface area contributed by atoms with Crippen LogP contribution in [0.2, 0.25) is 0 Å². The predicted molar refractivity (Wildman–Crippen MR) is 101 cm³/mol. The maximum Gasteiger partial charge on any atom is 0.333 e.